The number of aliphatic imine (C=N–C) groups is 1. The van der Waals surface area contributed by atoms with Crippen LogP contribution in [0.1, 0.15) is 44.8 Å². The van der Waals surface area contributed by atoms with Gasteiger partial charge in [-0.05, 0) is 31.5 Å². The normalized spacial score (nSPS) is 17.3. The summed E-state index contributed by atoms with van der Waals surface area (Å²) in [6.07, 6.45) is 1.90. The standard InChI is InChI=1S/C20H29ClN6O.HI/c1-13(2)19-25-18-9-8-16(12-27(18)26-19)24-20(22-4)23-11-14(3)28-17-7-5-6-15(21)10-17;/h5-7,10,13-14,16H,8-9,11-12H2,1-4H3,(H2,22,23,24);1H. The second-order valence-corrected chi connectivity index (χ2v) is 7.88. The Balaban J connectivity index is 0.00000300. The first-order valence-electron chi connectivity index (χ1n) is 9.77. The smallest absolute Gasteiger partial charge is 0.191 e. The monoisotopic (exact) mass is 532 g/mol. The zero-order valence-corrected chi connectivity index (χ0v) is 20.4. The third-order valence-electron chi connectivity index (χ3n) is 4.65. The van der Waals surface area contributed by atoms with Gasteiger partial charge in [0.2, 0.25) is 0 Å². The molecule has 0 radical (unpaired) electrons. The Morgan fingerprint density at radius 2 is 2.17 bits per heavy atom. The van der Waals surface area contributed by atoms with Crippen LogP contribution in [0.5, 0.6) is 5.75 Å². The average Bonchev–Trinajstić information content (AvgIpc) is 3.09. The molecule has 3 rings (SSSR count). The van der Waals surface area contributed by atoms with E-state index < -0.39 is 0 Å². The van der Waals surface area contributed by atoms with Crippen LogP contribution < -0.4 is 15.4 Å². The first kappa shape index (κ1) is 23.7. The summed E-state index contributed by atoms with van der Waals surface area (Å²) >= 11 is 6.01. The van der Waals surface area contributed by atoms with Gasteiger partial charge < -0.3 is 15.4 Å². The predicted octanol–water partition coefficient (Wildman–Crippen LogP) is 3.62. The molecule has 2 atom stereocenters. The number of aryl methyl sites for hydroxylation is 1. The van der Waals surface area contributed by atoms with Crippen LogP contribution in [-0.4, -0.2) is 46.5 Å². The van der Waals surface area contributed by atoms with Gasteiger partial charge in [0.25, 0.3) is 0 Å². The maximum absolute atomic E-state index is 6.01. The fourth-order valence-corrected chi connectivity index (χ4v) is 3.31. The Kier molecular flexibility index (Phi) is 9.01. The lowest BCUT2D eigenvalue weighted by molar-refractivity contribution is 0.223. The zero-order chi connectivity index (χ0) is 20.1. The molecule has 1 aromatic heterocycles. The zero-order valence-electron chi connectivity index (χ0n) is 17.4. The van der Waals surface area contributed by atoms with Gasteiger partial charge in [-0.3, -0.25) is 4.99 Å². The molecule has 1 aliphatic rings. The highest BCUT2D eigenvalue weighted by Gasteiger charge is 2.23. The van der Waals surface area contributed by atoms with Crippen LogP contribution in [0, 0.1) is 0 Å². The number of hydrogen-bond acceptors (Lipinski definition) is 4. The van der Waals surface area contributed by atoms with Gasteiger partial charge in [-0.25, -0.2) is 9.67 Å². The predicted molar refractivity (Wildman–Crippen MR) is 128 cm³/mol. The van der Waals surface area contributed by atoms with Gasteiger partial charge in [0.15, 0.2) is 11.8 Å². The SMILES string of the molecule is CN=C(NCC(C)Oc1cccc(Cl)c1)NC1CCc2nc(C(C)C)nn2C1.I. The lowest BCUT2D eigenvalue weighted by Gasteiger charge is -2.26. The van der Waals surface area contributed by atoms with Crippen molar-refractivity contribution in [2.45, 2.75) is 58.2 Å². The highest BCUT2D eigenvalue weighted by molar-refractivity contribution is 14.0. The summed E-state index contributed by atoms with van der Waals surface area (Å²) in [5.41, 5.74) is 0. The van der Waals surface area contributed by atoms with E-state index in [0.717, 1.165) is 42.7 Å². The van der Waals surface area contributed by atoms with Crippen LogP contribution in [0.25, 0.3) is 0 Å². The second kappa shape index (κ2) is 11.0. The molecule has 2 heterocycles. The molecule has 2 aromatic rings. The molecule has 0 spiro atoms. The number of rotatable bonds is 6. The van der Waals surface area contributed by atoms with Crippen LogP contribution in [-0.2, 0) is 13.0 Å². The maximum atomic E-state index is 6.01. The van der Waals surface area contributed by atoms with Gasteiger partial charge in [-0.15, -0.1) is 24.0 Å². The molecule has 2 unspecified atom stereocenters. The molecule has 160 valence electrons. The van der Waals surface area contributed by atoms with Gasteiger partial charge in [0, 0.05) is 30.5 Å². The van der Waals surface area contributed by atoms with Crippen LogP contribution in [0.4, 0.5) is 0 Å². The summed E-state index contributed by atoms with van der Waals surface area (Å²) < 4.78 is 7.92. The number of ether oxygens (including phenoxy) is 1. The summed E-state index contributed by atoms with van der Waals surface area (Å²) in [6, 6.07) is 7.69. The molecule has 0 bridgehead atoms. The van der Waals surface area contributed by atoms with E-state index in [-0.39, 0.29) is 36.1 Å². The molecule has 0 amide bonds. The van der Waals surface area contributed by atoms with E-state index in [2.05, 4.69) is 39.6 Å². The quantitative estimate of drug-likeness (QED) is 0.338. The summed E-state index contributed by atoms with van der Waals surface area (Å²) in [7, 11) is 1.78. The molecular weight excluding hydrogens is 503 g/mol. The largest absolute Gasteiger partial charge is 0.489 e. The minimum atomic E-state index is -0.0288. The molecule has 2 N–H and O–H groups in total. The van der Waals surface area contributed by atoms with Gasteiger partial charge in [0.1, 0.15) is 17.7 Å². The minimum absolute atomic E-state index is 0. The van der Waals surface area contributed by atoms with E-state index in [1.165, 1.54) is 0 Å². The highest BCUT2D eigenvalue weighted by atomic mass is 127. The molecule has 0 saturated heterocycles. The Hall–Kier alpha value is -1.55. The molecular formula is C20H30ClIN6O. The number of guanidine groups is 1. The number of aromatic nitrogens is 3. The van der Waals surface area contributed by atoms with Crippen molar-refractivity contribution in [3.63, 3.8) is 0 Å². The summed E-state index contributed by atoms with van der Waals surface area (Å²) in [4.78, 5) is 8.98. The lowest BCUT2D eigenvalue weighted by Crippen LogP contribution is -2.48. The molecule has 9 heteroatoms. The maximum Gasteiger partial charge on any atom is 0.191 e. The van der Waals surface area contributed by atoms with Crippen molar-refractivity contribution in [3.8, 4) is 5.75 Å². The van der Waals surface area contributed by atoms with Crippen molar-refractivity contribution in [2.24, 2.45) is 4.99 Å². The van der Waals surface area contributed by atoms with Crippen molar-refractivity contribution in [3.05, 3.63) is 40.9 Å². The third kappa shape index (κ3) is 6.74. The molecule has 0 aliphatic carbocycles. The Morgan fingerprint density at radius 3 is 2.86 bits per heavy atom. The molecule has 7 nitrogen and oxygen atoms in total. The van der Waals surface area contributed by atoms with E-state index in [0.29, 0.717) is 17.5 Å². The number of nitrogens with zero attached hydrogens (tertiary/aromatic N) is 4. The van der Waals surface area contributed by atoms with Crippen LogP contribution in [0.2, 0.25) is 5.02 Å². The van der Waals surface area contributed by atoms with E-state index in [1.807, 2.05) is 35.9 Å². The van der Waals surface area contributed by atoms with Gasteiger partial charge in [0.05, 0.1) is 13.1 Å². The Labute approximate surface area is 194 Å². The van der Waals surface area contributed by atoms with Crippen molar-refractivity contribution in [1.82, 2.24) is 25.4 Å². The molecule has 1 aliphatic heterocycles. The van der Waals surface area contributed by atoms with Crippen molar-refractivity contribution < 1.29 is 4.74 Å². The first-order chi connectivity index (χ1) is 13.4. The van der Waals surface area contributed by atoms with Crippen molar-refractivity contribution in [1.29, 1.82) is 0 Å². The molecule has 29 heavy (non-hydrogen) atoms. The lowest BCUT2D eigenvalue weighted by atomic mass is 10.1. The van der Waals surface area contributed by atoms with Crippen LogP contribution in [0.15, 0.2) is 29.3 Å². The minimum Gasteiger partial charge on any atom is -0.489 e. The second-order valence-electron chi connectivity index (χ2n) is 7.44. The molecule has 1 aromatic carbocycles. The highest BCUT2D eigenvalue weighted by Crippen LogP contribution is 2.18. The van der Waals surface area contributed by atoms with Gasteiger partial charge in [-0.1, -0.05) is 31.5 Å². The number of nitrogens with one attached hydrogen (secondary N) is 2. The van der Waals surface area contributed by atoms with E-state index in [1.54, 1.807) is 7.05 Å². The van der Waals surface area contributed by atoms with Crippen LogP contribution >= 0.6 is 35.6 Å². The first-order valence-corrected chi connectivity index (χ1v) is 10.2. The number of hydrogen-bond donors (Lipinski definition) is 2. The van der Waals surface area contributed by atoms with E-state index in [9.17, 15) is 0 Å². The molecule has 0 fully saturated rings. The van der Waals surface area contributed by atoms with Gasteiger partial charge >= 0.3 is 0 Å². The van der Waals surface area contributed by atoms with E-state index in [4.69, 9.17) is 16.3 Å². The number of fused-ring (bicyclic) bond motifs is 1. The summed E-state index contributed by atoms with van der Waals surface area (Å²) in [5.74, 6) is 3.87. The number of halogens is 2. The Bertz CT molecular complexity index is 825. The fraction of sp³-hybridized carbons (Fsp3) is 0.550. The molecule has 0 saturated carbocycles. The topological polar surface area (TPSA) is 76.4 Å². The Morgan fingerprint density at radius 1 is 1.38 bits per heavy atom. The third-order valence-corrected chi connectivity index (χ3v) is 4.88. The van der Waals surface area contributed by atoms with Crippen molar-refractivity contribution >= 4 is 41.5 Å². The fourth-order valence-electron chi connectivity index (χ4n) is 3.13. The van der Waals surface area contributed by atoms with Gasteiger partial charge in [-0.2, -0.15) is 5.10 Å². The number of benzene rings is 1. The van der Waals surface area contributed by atoms with E-state index >= 15 is 0 Å². The average molecular weight is 533 g/mol. The van der Waals surface area contributed by atoms with Crippen molar-refractivity contribution in [2.75, 3.05) is 13.6 Å². The van der Waals surface area contributed by atoms with Crippen LogP contribution in [0.3, 0.4) is 0 Å². The summed E-state index contributed by atoms with van der Waals surface area (Å²) in [5, 5.41) is 12.1. The summed E-state index contributed by atoms with van der Waals surface area (Å²) in [6.45, 7) is 7.68.